The van der Waals surface area contributed by atoms with Gasteiger partial charge in [-0.1, -0.05) is 0 Å². The molecule has 0 aromatic rings. The van der Waals surface area contributed by atoms with Gasteiger partial charge in [-0.2, -0.15) is 0 Å². The largest absolute Gasteiger partial charge is 0.359 e. The minimum Gasteiger partial charge on any atom is -0.359 e. The Balaban J connectivity index is 1.69. The van der Waals surface area contributed by atoms with Crippen molar-refractivity contribution in [2.24, 2.45) is 11.3 Å². The van der Waals surface area contributed by atoms with Crippen molar-refractivity contribution >= 4 is 11.8 Å². The molecule has 0 aromatic carbocycles. The van der Waals surface area contributed by atoms with Crippen molar-refractivity contribution in [2.45, 2.75) is 25.7 Å². The summed E-state index contributed by atoms with van der Waals surface area (Å²) < 4.78 is 0. The Morgan fingerprint density at radius 2 is 2.06 bits per heavy atom. The second-order valence-electron chi connectivity index (χ2n) is 5.08. The zero-order chi connectivity index (χ0) is 12.3. The molecule has 17 heavy (non-hydrogen) atoms. The summed E-state index contributed by atoms with van der Waals surface area (Å²) in [7, 11) is 1.61. The van der Waals surface area contributed by atoms with Crippen molar-refractivity contribution in [2.75, 3.05) is 26.7 Å². The maximum Gasteiger partial charge on any atom is 0.223 e. The van der Waals surface area contributed by atoms with Crippen molar-refractivity contribution in [3.63, 3.8) is 0 Å². The molecular formula is C12H21N3O2. The summed E-state index contributed by atoms with van der Waals surface area (Å²) in [5.41, 5.74) is 0.280. The maximum atomic E-state index is 11.9. The van der Waals surface area contributed by atoms with Crippen LogP contribution in [0.25, 0.3) is 0 Å². The summed E-state index contributed by atoms with van der Waals surface area (Å²) >= 11 is 0. The fraction of sp³-hybridized carbons (Fsp3) is 0.833. The molecule has 1 saturated heterocycles. The topological polar surface area (TPSA) is 70.2 Å². The number of piperidine rings is 1. The second kappa shape index (κ2) is 5.04. The van der Waals surface area contributed by atoms with E-state index >= 15 is 0 Å². The molecule has 2 rings (SSSR count). The highest BCUT2D eigenvalue weighted by molar-refractivity contribution is 5.83. The van der Waals surface area contributed by atoms with E-state index in [4.69, 9.17) is 0 Å². The summed E-state index contributed by atoms with van der Waals surface area (Å²) in [6.07, 6.45) is 3.62. The average Bonchev–Trinajstić information content (AvgIpc) is 3.03. The number of rotatable bonds is 4. The van der Waals surface area contributed by atoms with E-state index in [1.54, 1.807) is 7.05 Å². The average molecular weight is 239 g/mol. The van der Waals surface area contributed by atoms with Crippen LogP contribution in [0.5, 0.6) is 0 Å². The van der Waals surface area contributed by atoms with Crippen molar-refractivity contribution in [3.8, 4) is 0 Å². The SMILES string of the molecule is CNC(=O)CCNC(=O)C1CC12CCNCC2. The molecule has 2 aliphatic rings. The van der Waals surface area contributed by atoms with Gasteiger partial charge in [0, 0.05) is 25.9 Å². The smallest absolute Gasteiger partial charge is 0.223 e. The van der Waals surface area contributed by atoms with E-state index in [0.717, 1.165) is 32.4 Å². The molecule has 0 aromatic heterocycles. The van der Waals surface area contributed by atoms with Gasteiger partial charge in [-0.25, -0.2) is 0 Å². The van der Waals surface area contributed by atoms with Crippen molar-refractivity contribution in [1.29, 1.82) is 0 Å². The molecule has 1 aliphatic heterocycles. The number of carbonyl (C=O) groups excluding carboxylic acids is 2. The molecular weight excluding hydrogens is 218 g/mol. The lowest BCUT2D eigenvalue weighted by molar-refractivity contribution is -0.123. The third kappa shape index (κ3) is 2.77. The van der Waals surface area contributed by atoms with E-state index < -0.39 is 0 Å². The minimum absolute atomic E-state index is 0.0299. The number of hydrogen-bond donors (Lipinski definition) is 3. The molecule has 1 unspecified atom stereocenters. The second-order valence-corrected chi connectivity index (χ2v) is 5.08. The standard InChI is InChI=1S/C12H21N3O2/c1-13-10(16)2-5-15-11(17)9-8-12(9)3-6-14-7-4-12/h9,14H,2-8H2,1H3,(H,13,16)(H,15,17). The Morgan fingerprint density at radius 1 is 1.35 bits per heavy atom. The Hall–Kier alpha value is -1.10. The van der Waals surface area contributed by atoms with Gasteiger partial charge in [-0.3, -0.25) is 9.59 Å². The zero-order valence-electron chi connectivity index (χ0n) is 10.3. The molecule has 5 heteroatoms. The Morgan fingerprint density at radius 3 is 2.71 bits per heavy atom. The van der Waals surface area contributed by atoms with Crippen LogP contribution in [0.2, 0.25) is 0 Å². The van der Waals surface area contributed by atoms with Gasteiger partial charge in [0.25, 0.3) is 0 Å². The van der Waals surface area contributed by atoms with E-state index in [1.165, 1.54) is 0 Å². The monoisotopic (exact) mass is 239 g/mol. The highest BCUT2D eigenvalue weighted by Crippen LogP contribution is 2.58. The lowest BCUT2D eigenvalue weighted by Gasteiger charge is -2.23. The Kier molecular flexibility index (Phi) is 3.66. The van der Waals surface area contributed by atoms with Crippen LogP contribution < -0.4 is 16.0 Å². The molecule has 0 bridgehead atoms. The molecule has 0 radical (unpaired) electrons. The van der Waals surface area contributed by atoms with Crippen LogP contribution in [0.4, 0.5) is 0 Å². The van der Waals surface area contributed by atoms with Crippen molar-refractivity contribution in [1.82, 2.24) is 16.0 Å². The molecule has 2 amide bonds. The minimum atomic E-state index is -0.0299. The number of hydrogen-bond acceptors (Lipinski definition) is 3. The predicted octanol–water partition coefficient (Wildman–Crippen LogP) is -0.372. The number of nitrogens with one attached hydrogen (secondary N) is 3. The first-order valence-electron chi connectivity index (χ1n) is 6.37. The molecule has 2 fully saturated rings. The lowest BCUT2D eigenvalue weighted by Crippen LogP contribution is -2.35. The molecule has 96 valence electrons. The molecule has 1 spiro atoms. The summed E-state index contributed by atoms with van der Waals surface area (Å²) in [4.78, 5) is 22.9. The predicted molar refractivity (Wildman–Crippen MR) is 64.3 cm³/mol. The van der Waals surface area contributed by atoms with Crippen LogP contribution in [0.15, 0.2) is 0 Å². The van der Waals surface area contributed by atoms with Gasteiger partial charge in [0.1, 0.15) is 0 Å². The Labute approximate surface area is 102 Å². The van der Waals surface area contributed by atoms with Gasteiger partial charge in [-0.05, 0) is 37.8 Å². The van der Waals surface area contributed by atoms with Crippen molar-refractivity contribution in [3.05, 3.63) is 0 Å². The third-order valence-electron chi connectivity index (χ3n) is 4.04. The van der Waals surface area contributed by atoms with Gasteiger partial charge in [-0.15, -0.1) is 0 Å². The first kappa shape index (κ1) is 12.4. The first-order chi connectivity index (χ1) is 8.18. The molecule has 1 saturated carbocycles. The highest BCUT2D eigenvalue weighted by Gasteiger charge is 2.57. The third-order valence-corrected chi connectivity index (χ3v) is 4.04. The summed E-state index contributed by atoms with van der Waals surface area (Å²) in [5, 5.41) is 8.72. The normalized spacial score (nSPS) is 25.4. The Bertz CT molecular complexity index is 311. The van der Waals surface area contributed by atoms with Crippen LogP contribution in [0.1, 0.15) is 25.7 Å². The first-order valence-corrected chi connectivity index (χ1v) is 6.37. The lowest BCUT2D eigenvalue weighted by atomic mass is 9.92. The summed E-state index contributed by atoms with van der Waals surface area (Å²) in [5.74, 6) is 0.294. The van der Waals surface area contributed by atoms with Gasteiger partial charge < -0.3 is 16.0 Å². The maximum absolute atomic E-state index is 11.9. The molecule has 1 atom stereocenters. The van der Waals surface area contributed by atoms with E-state index in [0.29, 0.717) is 13.0 Å². The fourth-order valence-corrected chi connectivity index (χ4v) is 2.74. The van der Waals surface area contributed by atoms with Crippen LogP contribution in [0.3, 0.4) is 0 Å². The molecule has 1 heterocycles. The van der Waals surface area contributed by atoms with Gasteiger partial charge >= 0.3 is 0 Å². The van der Waals surface area contributed by atoms with Crippen LogP contribution in [-0.2, 0) is 9.59 Å². The molecule has 5 nitrogen and oxygen atoms in total. The van der Waals surface area contributed by atoms with Gasteiger partial charge in [0.15, 0.2) is 0 Å². The van der Waals surface area contributed by atoms with Crippen LogP contribution in [-0.4, -0.2) is 38.5 Å². The molecule has 3 N–H and O–H groups in total. The van der Waals surface area contributed by atoms with Crippen LogP contribution >= 0.6 is 0 Å². The summed E-state index contributed by atoms with van der Waals surface area (Å²) in [6, 6.07) is 0. The van der Waals surface area contributed by atoms with Gasteiger partial charge in [0.2, 0.25) is 11.8 Å². The number of carbonyl (C=O) groups is 2. The van der Waals surface area contributed by atoms with Crippen molar-refractivity contribution < 1.29 is 9.59 Å². The highest BCUT2D eigenvalue weighted by atomic mass is 16.2. The summed E-state index contributed by atoms with van der Waals surface area (Å²) in [6.45, 7) is 2.51. The van der Waals surface area contributed by atoms with E-state index in [9.17, 15) is 9.59 Å². The molecule has 1 aliphatic carbocycles. The van der Waals surface area contributed by atoms with E-state index in [1.807, 2.05) is 0 Å². The van der Waals surface area contributed by atoms with E-state index in [2.05, 4.69) is 16.0 Å². The van der Waals surface area contributed by atoms with E-state index in [-0.39, 0.29) is 23.1 Å². The van der Waals surface area contributed by atoms with Gasteiger partial charge in [0.05, 0.1) is 0 Å². The number of amides is 2. The fourth-order valence-electron chi connectivity index (χ4n) is 2.74. The quantitative estimate of drug-likeness (QED) is 0.627. The zero-order valence-corrected chi connectivity index (χ0v) is 10.3. The van der Waals surface area contributed by atoms with Crippen LogP contribution in [0, 0.1) is 11.3 Å².